The number of rotatable bonds is 4. The molecule has 0 bridgehead atoms. The molecule has 0 aromatic carbocycles. The second-order valence-corrected chi connectivity index (χ2v) is 7.71. The van der Waals surface area contributed by atoms with Gasteiger partial charge in [0.2, 0.25) is 0 Å². The summed E-state index contributed by atoms with van der Waals surface area (Å²) in [6, 6.07) is 1.25. The number of nitrogens with zero attached hydrogens (tertiary/aromatic N) is 2. The molecular weight excluding hydrogens is 411 g/mol. The number of aliphatic imine (C=N–C) groups is 1. The van der Waals surface area contributed by atoms with E-state index in [0.29, 0.717) is 12.1 Å². The van der Waals surface area contributed by atoms with Crippen LogP contribution >= 0.6 is 24.0 Å². The van der Waals surface area contributed by atoms with Gasteiger partial charge in [-0.25, -0.2) is 0 Å². The maximum absolute atomic E-state index is 4.44. The first kappa shape index (κ1) is 22.0. The van der Waals surface area contributed by atoms with Crippen LogP contribution in [0.3, 0.4) is 0 Å². The Balaban J connectivity index is 0.00000288. The third-order valence-electron chi connectivity index (χ3n) is 5.61. The van der Waals surface area contributed by atoms with Crippen molar-refractivity contribution >= 4 is 29.9 Å². The molecule has 2 aliphatic rings. The highest BCUT2D eigenvalue weighted by atomic mass is 127. The third-order valence-corrected chi connectivity index (χ3v) is 5.61. The summed E-state index contributed by atoms with van der Waals surface area (Å²) in [6.07, 6.45) is 12.3. The van der Waals surface area contributed by atoms with Crippen LogP contribution in [-0.4, -0.2) is 49.6 Å². The summed E-state index contributed by atoms with van der Waals surface area (Å²) in [6.45, 7) is 8.08. The third kappa shape index (κ3) is 7.89. The van der Waals surface area contributed by atoms with Gasteiger partial charge in [-0.2, -0.15) is 0 Å². The van der Waals surface area contributed by atoms with Crippen molar-refractivity contribution in [2.24, 2.45) is 10.9 Å². The molecule has 5 heteroatoms. The second kappa shape index (κ2) is 12.3. The summed E-state index contributed by atoms with van der Waals surface area (Å²) in [5.41, 5.74) is 0. The summed E-state index contributed by atoms with van der Waals surface area (Å²) < 4.78 is 0. The summed E-state index contributed by atoms with van der Waals surface area (Å²) in [7, 11) is 1.90. The van der Waals surface area contributed by atoms with Crippen molar-refractivity contribution in [1.29, 1.82) is 0 Å². The molecule has 1 aliphatic heterocycles. The van der Waals surface area contributed by atoms with Crippen molar-refractivity contribution in [3.63, 3.8) is 0 Å². The second-order valence-electron chi connectivity index (χ2n) is 7.71. The Hall–Kier alpha value is -0.0400. The first-order valence-corrected chi connectivity index (χ1v) is 9.90. The van der Waals surface area contributed by atoms with Crippen LogP contribution in [0.15, 0.2) is 4.99 Å². The standard InChI is InChI=1S/C19H38N4.HI/c1-16(2)23-13-11-18(12-14-23)22-19(20-3)21-15-17-9-7-5-4-6-8-10-17;/h16-18H,4-15H2,1-3H3,(H2,20,21,22);1H. The van der Waals surface area contributed by atoms with E-state index in [1.807, 2.05) is 7.05 Å². The highest BCUT2D eigenvalue weighted by Crippen LogP contribution is 2.21. The van der Waals surface area contributed by atoms with Crippen LogP contribution in [0.5, 0.6) is 0 Å². The van der Waals surface area contributed by atoms with Crippen molar-refractivity contribution in [3.05, 3.63) is 0 Å². The molecule has 0 aromatic heterocycles. The molecule has 0 amide bonds. The fourth-order valence-electron chi connectivity index (χ4n) is 3.93. The van der Waals surface area contributed by atoms with Crippen molar-refractivity contribution < 1.29 is 0 Å². The minimum Gasteiger partial charge on any atom is -0.356 e. The minimum atomic E-state index is 0. The molecule has 0 aromatic rings. The molecule has 0 radical (unpaired) electrons. The zero-order chi connectivity index (χ0) is 16.5. The molecule has 0 atom stereocenters. The smallest absolute Gasteiger partial charge is 0.191 e. The predicted molar refractivity (Wildman–Crippen MR) is 115 cm³/mol. The molecule has 142 valence electrons. The van der Waals surface area contributed by atoms with E-state index in [0.717, 1.165) is 18.4 Å². The van der Waals surface area contributed by atoms with Gasteiger partial charge in [0.25, 0.3) is 0 Å². The maximum Gasteiger partial charge on any atom is 0.191 e. The van der Waals surface area contributed by atoms with E-state index < -0.39 is 0 Å². The van der Waals surface area contributed by atoms with Gasteiger partial charge >= 0.3 is 0 Å². The fraction of sp³-hybridized carbons (Fsp3) is 0.947. The van der Waals surface area contributed by atoms with Gasteiger partial charge in [0.1, 0.15) is 0 Å². The number of hydrogen-bond donors (Lipinski definition) is 2. The number of piperidine rings is 1. The Labute approximate surface area is 166 Å². The van der Waals surface area contributed by atoms with Crippen LogP contribution in [0, 0.1) is 5.92 Å². The molecule has 4 nitrogen and oxygen atoms in total. The molecule has 2 rings (SSSR count). The lowest BCUT2D eigenvalue weighted by Crippen LogP contribution is -2.50. The summed E-state index contributed by atoms with van der Waals surface area (Å²) >= 11 is 0. The lowest BCUT2D eigenvalue weighted by atomic mass is 9.91. The van der Waals surface area contributed by atoms with Crippen molar-refractivity contribution in [2.45, 2.75) is 83.7 Å². The molecule has 1 heterocycles. The van der Waals surface area contributed by atoms with Crippen LogP contribution < -0.4 is 10.6 Å². The van der Waals surface area contributed by atoms with E-state index in [-0.39, 0.29) is 24.0 Å². The normalized spacial score (nSPS) is 22.6. The van der Waals surface area contributed by atoms with Crippen LogP contribution in [0.25, 0.3) is 0 Å². The van der Waals surface area contributed by atoms with Gasteiger partial charge < -0.3 is 15.5 Å². The Morgan fingerprint density at radius 1 is 1.00 bits per heavy atom. The lowest BCUT2D eigenvalue weighted by Gasteiger charge is -2.35. The largest absolute Gasteiger partial charge is 0.356 e. The van der Waals surface area contributed by atoms with E-state index in [9.17, 15) is 0 Å². The summed E-state index contributed by atoms with van der Waals surface area (Å²) in [5, 5.41) is 7.24. The summed E-state index contributed by atoms with van der Waals surface area (Å²) in [4.78, 5) is 7.02. The van der Waals surface area contributed by atoms with Gasteiger partial charge in [-0.15, -0.1) is 24.0 Å². The first-order valence-electron chi connectivity index (χ1n) is 9.90. The van der Waals surface area contributed by atoms with Crippen LogP contribution in [0.2, 0.25) is 0 Å². The topological polar surface area (TPSA) is 39.7 Å². The Morgan fingerprint density at radius 2 is 1.58 bits per heavy atom. The van der Waals surface area contributed by atoms with Crippen molar-refractivity contribution in [1.82, 2.24) is 15.5 Å². The Kier molecular flexibility index (Phi) is 11.3. The molecule has 1 saturated carbocycles. The van der Waals surface area contributed by atoms with Gasteiger partial charge in [0, 0.05) is 38.8 Å². The van der Waals surface area contributed by atoms with E-state index in [1.165, 1.54) is 70.9 Å². The van der Waals surface area contributed by atoms with Crippen LogP contribution in [0.4, 0.5) is 0 Å². The molecule has 0 unspecified atom stereocenters. The van der Waals surface area contributed by atoms with Crippen molar-refractivity contribution in [2.75, 3.05) is 26.7 Å². The van der Waals surface area contributed by atoms with Crippen LogP contribution in [-0.2, 0) is 0 Å². The number of guanidine groups is 1. The monoisotopic (exact) mass is 450 g/mol. The van der Waals surface area contributed by atoms with Crippen molar-refractivity contribution in [3.8, 4) is 0 Å². The van der Waals surface area contributed by atoms with Gasteiger partial charge in [-0.05, 0) is 45.4 Å². The van der Waals surface area contributed by atoms with Gasteiger partial charge in [0.15, 0.2) is 5.96 Å². The Bertz CT molecular complexity index is 343. The zero-order valence-electron chi connectivity index (χ0n) is 16.0. The predicted octanol–water partition coefficient (Wildman–Crippen LogP) is 4.00. The quantitative estimate of drug-likeness (QED) is 0.387. The first-order chi connectivity index (χ1) is 11.2. The molecular formula is C19H39IN4. The average molecular weight is 450 g/mol. The number of nitrogens with one attached hydrogen (secondary N) is 2. The van der Waals surface area contributed by atoms with E-state index >= 15 is 0 Å². The molecule has 1 aliphatic carbocycles. The SMILES string of the molecule is CN=C(NCC1CCCCCCC1)NC1CCN(C(C)C)CC1.I. The molecule has 1 saturated heterocycles. The van der Waals surface area contributed by atoms with Gasteiger partial charge in [-0.1, -0.05) is 32.1 Å². The van der Waals surface area contributed by atoms with E-state index in [4.69, 9.17) is 0 Å². The average Bonchev–Trinajstić information content (AvgIpc) is 2.53. The summed E-state index contributed by atoms with van der Waals surface area (Å²) in [5.74, 6) is 1.84. The highest BCUT2D eigenvalue weighted by molar-refractivity contribution is 14.0. The zero-order valence-corrected chi connectivity index (χ0v) is 18.4. The number of halogens is 1. The van der Waals surface area contributed by atoms with E-state index in [2.05, 4.69) is 34.4 Å². The number of hydrogen-bond acceptors (Lipinski definition) is 2. The van der Waals surface area contributed by atoms with Gasteiger partial charge in [-0.3, -0.25) is 4.99 Å². The Morgan fingerprint density at radius 3 is 2.12 bits per heavy atom. The van der Waals surface area contributed by atoms with E-state index in [1.54, 1.807) is 0 Å². The molecule has 0 spiro atoms. The minimum absolute atomic E-state index is 0. The maximum atomic E-state index is 4.44. The number of likely N-dealkylation sites (tertiary alicyclic amines) is 1. The molecule has 2 N–H and O–H groups in total. The molecule has 2 fully saturated rings. The van der Waals surface area contributed by atoms with Crippen LogP contribution in [0.1, 0.15) is 71.6 Å². The van der Waals surface area contributed by atoms with Gasteiger partial charge in [0.05, 0.1) is 0 Å². The molecule has 24 heavy (non-hydrogen) atoms. The highest BCUT2D eigenvalue weighted by Gasteiger charge is 2.21. The lowest BCUT2D eigenvalue weighted by molar-refractivity contribution is 0.167. The fourth-order valence-corrected chi connectivity index (χ4v) is 3.93.